The number of carbonyl (C=O) groups is 1. The number of rotatable bonds is 5. The summed E-state index contributed by atoms with van der Waals surface area (Å²) in [5.74, 6) is 2.43. The largest absolute Gasteiger partial charge is 0.343 e. The molecule has 1 aromatic heterocycles. The van der Waals surface area contributed by atoms with Crippen LogP contribution in [0.5, 0.6) is 0 Å². The quantitative estimate of drug-likeness (QED) is 0.815. The van der Waals surface area contributed by atoms with Gasteiger partial charge in [0.1, 0.15) is 10.0 Å². The molecule has 3 aliphatic rings. The van der Waals surface area contributed by atoms with Crippen LogP contribution in [-0.2, 0) is 4.79 Å². The van der Waals surface area contributed by atoms with Gasteiger partial charge < -0.3 is 4.90 Å². The van der Waals surface area contributed by atoms with Gasteiger partial charge in [0.2, 0.25) is 5.91 Å². The number of nitrogens with zero attached hydrogens (tertiary/aromatic N) is 3. The molecular formula is C18H27N3OS. The Bertz CT molecular complexity index is 540. The van der Waals surface area contributed by atoms with Crippen molar-refractivity contribution in [2.24, 2.45) is 5.92 Å². The Labute approximate surface area is 142 Å². The van der Waals surface area contributed by atoms with Gasteiger partial charge >= 0.3 is 0 Å². The van der Waals surface area contributed by atoms with Crippen LogP contribution in [0.1, 0.15) is 86.1 Å². The van der Waals surface area contributed by atoms with Crippen molar-refractivity contribution >= 4 is 17.2 Å². The normalized spacial score (nSPS) is 23.6. The monoisotopic (exact) mass is 333 g/mol. The summed E-state index contributed by atoms with van der Waals surface area (Å²) >= 11 is 1.82. The van der Waals surface area contributed by atoms with E-state index in [2.05, 4.69) is 15.1 Å². The summed E-state index contributed by atoms with van der Waals surface area (Å²) in [4.78, 5) is 14.5. The second-order valence-corrected chi connectivity index (χ2v) is 8.64. The summed E-state index contributed by atoms with van der Waals surface area (Å²) in [5.41, 5.74) is 0. The topological polar surface area (TPSA) is 46.1 Å². The molecule has 0 aromatic carbocycles. The van der Waals surface area contributed by atoms with Crippen molar-refractivity contribution in [3.05, 3.63) is 10.0 Å². The Morgan fingerprint density at radius 3 is 2.17 bits per heavy atom. The lowest BCUT2D eigenvalue weighted by molar-refractivity contribution is -0.132. The van der Waals surface area contributed by atoms with Gasteiger partial charge in [-0.15, -0.1) is 21.5 Å². The molecular weight excluding hydrogens is 306 g/mol. The molecule has 0 bridgehead atoms. The molecule has 1 amide bonds. The zero-order valence-electron chi connectivity index (χ0n) is 13.9. The first-order valence-corrected chi connectivity index (χ1v) is 10.2. The van der Waals surface area contributed by atoms with Gasteiger partial charge in [-0.2, -0.15) is 0 Å². The zero-order chi connectivity index (χ0) is 15.6. The van der Waals surface area contributed by atoms with Crippen LogP contribution in [0, 0.1) is 5.92 Å². The average Bonchev–Trinajstić information content (AvgIpc) is 3.11. The molecule has 2 saturated carbocycles. The van der Waals surface area contributed by atoms with E-state index in [0.29, 0.717) is 17.7 Å². The third-order valence-corrected chi connectivity index (χ3v) is 7.07. The minimum Gasteiger partial charge on any atom is -0.343 e. The Balaban J connectivity index is 1.23. The number of aromatic nitrogens is 2. The predicted octanol–water partition coefficient (Wildman–Crippen LogP) is 4.09. The Morgan fingerprint density at radius 1 is 0.957 bits per heavy atom. The fourth-order valence-electron chi connectivity index (χ4n) is 4.07. The van der Waals surface area contributed by atoms with Gasteiger partial charge in [-0.25, -0.2) is 0 Å². The van der Waals surface area contributed by atoms with Crippen LogP contribution in [0.25, 0.3) is 0 Å². The maximum absolute atomic E-state index is 12.4. The number of piperidine rings is 1. The molecule has 126 valence electrons. The van der Waals surface area contributed by atoms with E-state index >= 15 is 0 Å². The van der Waals surface area contributed by atoms with Gasteiger partial charge in [-0.1, -0.05) is 25.7 Å². The number of likely N-dealkylation sites (tertiary alicyclic amines) is 1. The van der Waals surface area contributed by atoms with Crippen molar-refractivity contribution < 1.29 is 4.79 Å². The van der Waals surface area contributed by atoms with Crippen LogP contribution in [0.15, 0.2) is 0 Å². The van der Waals surface area contributed by atoms with Crippen molar-refractivity contribution in [1.29, 1.82) is 0 Å². The van der Waals surface area contributed by atoms with Gasteiger partial charge in [0.15, 0.2) is 0 Å². The second-order valence-electron chi connectivity index (χ2n) is 7.60. The first-order chi connectivity index (χ1) is 11.3. The maximum atomic E-state index is 12.4. The standard InChI is InChI=1S/C18H27N3OS/c22-16(8-5-13-3-1-2-4-13)21-11-9-15(10-12-21)18-20-19-17(23-18)14-6-7-14/h13-15H,1-12H2. The van der Waals surface area contributed by atoms with Crippen LogP contribution in [0.4, 0.5) is 0 Å². The first kappa shape index (κ1) is 15.6. The molecule has 4 nitrogen and oxygen atoms in total. The summed E-state index contributed by atoms with van der Waals surface area (Å²) in [7, 11) is 0. The fraction of sp³-hybridized carbons (Fsp3) is 0.833. The Kier molecular flexibility index (Phi) is 4.65. The highest BCUT2D eigenvalue weighted by molar-refractivity contribution is 7.11. The lowest BCUT2D eigenvalue weighted by Crippen LogP contribution is -2.37. The molecule has 5 heteroatoms. The molecule has 3 fully saturated rings. The Morgan fingerprint density at radius 2 is 1.57 bits per heavy atom. The van der Waals surface area contributed by atoms with E-state index in [1.165, 1.54) is 48.5 Å². The van der Waals surface area contributed by atoms with Crippen LogP contribution < -0.4 is 0 Å². The van der Waals surface area contributed by atoms with Crippen molar-refractivity contribution in [2.45, 2.75) is 76.0 Å². The molecule has 0 atom stereocenters. The molecule has 1 aromatic rings. The van der Waals surface area contributed by atoms with Crippen LogP contribution >= 0.6 is 11.3 Å². The van der Waals surface area contributed by atoms with Gasteiger partial charge in [0.05, 0.1) is 0 Å². The molecule has 1 saturated heterocycles. The molecule has 2 heterocycles. The van der Waals surface area contributed by atoms with E-state index in [4.69, 9.17) is 0 Å². The third-order valence-electron chi connectivity index (χ3n) is 5.82. The van der Waals surface area contributed by atoms with Gasteiger partial charge in [-0.05, 0) is 38.0 Å². The van der Waals surface area contributed by atoms with Gasteiger partial charge in [0, 0.05) is 31.3 Å². The van der Waals surface area contributed by atoms with E-state index in [9.17, 15) is 4.79 Å². The van der Waals surface area contributed by atoms with Gasteiger partial charge in [-0.3, -0.25) is 4.79 Å². The zero-order valence-corrected chi connectivity index (χ0v) is 14.7. The number of hydrogen-bond donors (Lipinski definition) is 0. The number of amides is 1. The van der Waals surface area contributed by atoms with E-state index in [1.807, 2.05) is 11.3 Å². The fourth-order valence-corrected chi connectivity index (χ4v) is 5.25. The minimum absolute atomic E-state index is 0.381. The molecule has 2 aliphatic carbocycles. The summed E-state index contributed by atoms with van der Waals surface area (Å²) in [5, 5.41) is 11.3. The molecule has 0 spiro atoms. The highest BCUT2D eigenvalue weighted by atomic mass is 32.1. The SMILES string of the molecule is O=C(CCC1CCCC1)N1CCC(c2nnc(C3CC3)s2)CC1. The summed E-state index contributed by atoms with van der Waals surface area (Å²) in [6.07, 6.45) is 12.0. The predicted molar refractivity (Wildman–Crippen MR) is 91.6 cm³/mol. The lowest BCUT2D eigenvalue weighted by atomic mass is 9.96. The number of hydrogen-bond acceptors (Lipinski definition) is 4. The second kappa shape index (κ2) is 6.88. The summed E-state index contributed by atoms with van der Waals surface area (Å²) in [6, 6.07) is 0. The minimum atomic E-state index is 0.381. The molecule has 0 radical (unpaired) electrons. The van der Waals surface area contributed by atoms with Crippen molar-refractivity contribution in [3.8, 4) is 0 Å². The third kappa shape index (κ3) is 3.76. The van der Waals surface area contributed by atoms with Crippen molar-refractivity contribution in [3.63, 3.8) is 0 Å². The van der Waals surface area contributed by atoms with E-state index in [-0.39, 0.29) is 0 Å². The molecule has 23 heavy (non-hydrogen) atoms. The Hall–Kier alpha value is -0.970. The first-order valence-electron chi connectivity index (χ1n) is 9.40. The van der Waals surface area contributed by atoms with Gasteiger partial charge in [0.25, 0.3) is 0 Å². The van der Waals surface area contributed by atoms with Crippen LogP contribution in [0.3, 0.4) is 0 Å². The van der Waals surface area contributed by atoms with Crippen molar-refractivity contribution in [2.75, 3.05) is 13.1 Å². The summed E-state index contributed by atoms with van der Waals surface area (Å²) in [6.45, 7) is 1.82. The maximum Gasteiger partial charge on any atom is 0.222 e. The molecule has 1 aliphatic heterocycles. The van der Waals surface area contributed by atoms with E-state index < -0.39 is 0 Å². The van der Waals surface area contributed by atoms with Crippen molar-refractivity contribution in [1.82, 2.24) is 15.1 Å². The van der Waals surface area contributed by atoms with E-state index in [1.54, 1.807) is 0 Å². The van der Waals surface area contributed by atoms with Crippen LogP contribution in [0.2, 0.25) is 0 Å². The van der Waals surface area contributed by atoms with Crippen LogP contribution in [-0.4, -0.2) is 34.1 Å². The smallest absolute Gasteiger partial charge is 0.222 e. The molecule has 0 N–H and O–H groups in total. The average molecular weight is 334 g/mol. The summed E-state index contributed by atoms with van der Waals surface area (Å²) < 4.78 is 0. The molecule has 0 unspecified atom stereocenters. The highest BCUT2D eigenvalue weighted by Crippen LogP contribution is 2.43. The highest BCUT2D eigenvalue weighted by Gasteiger charge is 2.30. The number of carbonyl (C=O) groups excluding carboxylic acids is 1. The molecule has 4 rings (SSSR count). The lowest BCUT2D eigenvalue weighted by Gasteiger charge is -2.31. The van der Waals surface area contributed by atoms with E-state index in [0.717, 1.165) is 44.7 Å².